The summed E-state index contributed by atoms with van der Waals surface area (Å²) < 4.78 is 0. The maximum Gasteiger partial charge on any atom is 0.336 e. The van der Waals surface area contributed by atoms with Gasteiger partial charge in [-0.1, -0.05) is 23.7 Å². The molecular formula is C15H12ClNO3. The zero-order chi connectivity index (χ0) is 14.7. The van der Waals surface area contributed by atoms with Gasteiger partial charge in [0, 0.05) is 10.7 Å². The second-order valence-electron chi connectivity index (χ2n) is 4.26. The molecule has 0 spiro atoms. The number of aryl methyl sites for hydroxylation is 1. The SMILES string of the molecule is Cc1cc(Cl)ccc1NC(=O)c1ccccc1C(=O)O. The quantitative estimate of drug-likeness (QED) is 0.907. The van der Waals surface area contributed by atoms with E-state index in [0.29, 0.717) is 10.7 Å². The van der Waals surface area contributed by atoms with Crippen LogP contribution in [0.1, 0.15) is 26.3 Å². The maximum absolute atomic E-state index is 12.2. The number of carboxylic acids is 1. The molecule has 5 heteroatoms. The van der Waals surface area contributed by atoms with Gasteiger partial charge < -0.3 is 10.4 Å². The van der Waals surface area contributed by atoms with Crippen molar-refractivity contribution in [3.8, 4) is 0 Å². The van der Waals surface area contributed by atoms with Gasteiger partial charge in [0.1, 0.15) is 0 Å². The highest BCUT2D eigenvalue weighted by atomic mass is 35.5. The lowest BCUT2D eigenvalue weighted by atomic mass is 10.1. The summed E-state index contributed by atoms with van der Waals surface area (Å²) in [7, 11) is 0. The van der Waals surface area contributed by atoms with E-state index in [1.165, 1.54) is 12.1 Å². The smallest absolute Gasteiger partial charge is 0.336 e. The molecule has 0 aliphatic heterocycles. The first-order valence-electron chi connectivity index (χ1n) is 5.89. The molecule has 0 fully saturated rings. The molecule has 0 aromatic heterocycles. The first kappa shape index (κ1) is 14.1. The minimum absolute atomic E-state index is 0.0309. The fourth-order valence-electron chi connectivity index (χ4n) is 1.82. The molecule has 0 aliphatic carbocycles. The highest BCUT2D eigenvalue weighted by Crippen LogP contribution is 2.21. The predicted octanol–water partition coefficient (Wildman–Crippen LogP) is 3.60. The van der Waals surface area contributed by atoms with Crippen LogP contribution in [0.5, 0.6) is 0 Å². The molecule has 20 heavy (non-hydrogen) atoms. The largest absolute Gasteiger partial charge is 0.478 e. The Hall–Kier alpha value is -2.33. The maximum atomic E-state index is 12.2. The number of aromatic carboxylic acids is 1. The van der Waals surface area contributed by atoms with Gasteiger partial charge in [-0.2, -0.15) is 0 Å². The number of carboxylic acid groups (broad SMARTS) is 1. The minimum atomic E-state index is -1.14. The Morgan fingerprint density at radius 3 is 2.35 bits per heavy atom. The summed E-state index contributed by atoms with van der Waals surface area (Å²) in [6.45, 7) is 1.81. The van der Waals surface area contributed by atoms with Crippen LogP contribution in [0.3, 0.4) is 0 Å². The summed E-state index contributed by atoms with van der Waals surface area (Å²) in [5.41, 5.74) is 1.49. The van der Waals surface area contributed by atoms with Crippen LogP contribution in [0.15, 0.2) is 42.5 Å². The van der Waals surface area contributed by atoms with E-state index in [1.54, 1.807) is 30.3 Å². The molecule has 0 bridgehead atoms. The molecule has 0 atom stereocenters. The number of amides is 1. The van der Waals surface area contributed by atoms with Gasteiger partial charge in [0.25, 0.3) is 5.91 Å². The van der Waals surface area contributed by atoms with Crippen molar-refractivity contribution in [2.24, 2.45) is 0 Å². The third-order valence-electron chi connectivity index (χ3n) is 2.84. The van der Waals surface area contributed by atoms with E-state index in [2.05, 4.69) is 5.32 Å². The minimum Gasteiger partial charge on any atom is -0.478 e. The predicted molar refractivity (Wildman–Crippen MR) is 77.5 cm³/mol. The molecule has 0 saturated carbocycles. The number of carbonyl (C=O) groups excluding carboxylic acids is 1. The number of rotatable bonds is 3. The van der Waals surface area contributed by atoms with Gasteiger partial charge in [0.05, 0.1) is 11.1 Å². The molecule has 102 valence electrons. The number of halogens is 1. The zero-order valence-corrected chi connectivity index (χ0v) is 11.4. The zero-order valence-electron chi connectivity index (χ0n) is 10.7. The van der Waals surface area contributed by atoms with Crippen LogP contribution in [0.2, 0.25) is 5.02 Å². The van der Waals surface area contributed by atoms with Gasteiger partial charge in [-0.15, -0.1) is 0 Å². The van der Waals surface area contributed by atoms with E-state index < -0.39 is 11.9 Å². The normalized spacial score (nSPS) is 10.1. The summed E-state index contributed by atoms with van der Waals surface area (Å²) in [4.78, 5) is 23.3. The van der Waals surface area contributed by atoms with Gasteiger partial charge >= 0.3 is 5.97 Å². The molecule has 0 aliphatic rings. The van der Waals surface area contributed by atoms with Gasteiger partial charge in [-0.25, -0.2) is 4.79 Å². The Morgan fingerprint density at radius 1 is 1.10 bits per heavy atom. The fraction of sp³-hybridized carbons (Fsp3) is 0.0667. The van der Waals surface area contributed by atoms with Crippen molar-refractivity contribution in [1.82, 2.24) is 0 Å². The van der Waals surface area contributed by atoms with Crippen LogP contribution in [0, 0.1) is 6.92 Å². The van der Waals surface area contributed by atoms with Crippen molar-refractivity contribution in [3.05, 3.63) is 64.2 Å². The highest BCUT2D eigenvalue weighted by Gasteiger charge is 2.16. The molecule has 2 aromatic carbocycles. The molecule has 0 radical (unpaired) electrons. The van der Waals surface area contributed by atoms with Crippen molar-refractivity contribution in [2.75, 3.05) is 5.32 Å². The number of anilines is 1. The molecule has 0 unspecified atom stereocenters. The van der Waals surface area contributed by atoms with Gasteiger partial charge in [-0.3, -0.25) is 4.79 Å². The van der Waals surface area contributed by atoms with Gasteiger partial charge in [0.2, 0.25) is 0 Å². The van der Waals surface area contributed by atoms with Crippen LogP contribution in [-0.4, -0.2) is 17.0 Å². The Balaban J connectivity index is 2.31. The lowest BCUT2D eigenvalue weighted by Gasteiger charge is -2.10. The monoisotopic (exact) mass is 289 g/mol. The third-order valence-corrected chi connectivity index (χ3v) is 3.07. The summed E-state index contributed by atoms with van der Waals surface area (Å²) in [6.07, 6.45) is 0. The fourth-order valence-corrected chi connectivity index (χ4v) is 2.05. The Labute approximate surface area is 121 Å². The topological polar surface area (TPSA) is 66.4 Å². The molecule has 4 nitrogen and oxygen atoms in total. The molecule has 1 amide bonds. The van der Waals surface area contributed by atoms with Gasteiger partial charge in [-0.05, 0) is 42.8 Å². The van der Waals surface area contributed by atoms with Crippen LogP contribution in [0.25, 0.3) is 0 Å². The number of hydrogen-bond donors (Lipinski definition) is 2. The van der Waals surface area contributed by atoms with Crippen molar-refractivity contribution < 1.29 is 14.7 Å². The summed E-state index contributed by atoms with van der Waals surface area (Å²) in [5.74, 6) is -1.60. The van der Waals surface area contributed by atoms with E-state index >= 15 is 0 Å². The second-order valence-corrected chi connectivity index (χ2v) is 4.70. The lowest BCUT2D eigenvalue weighted by molar-refractivity contribution is 0.0692. The van der Waals surface area contributed by atoms with Crippen molar-refractivity contribution in [3.63, 3.8) is 0 Å². The Kier molecular flexibility index (Phi) is 4.05. The van der Waals surface area contributed by atoms with Crippen LogP contribution in [-0.2, 0) is 0 Å². The highest BCUT2D eigenvalue weighted by molar-refractivity contribution is 6.30. The van der Waals surface area contributed by atoms with E-state index in [0.717, 1.165) is 5.56 Å². The molecule has 2 rings (SSSR count). The van der Waals surface area contributed by atoms with E-state index in [-0.39, 0.29) is 11.1 Å². The molecular weight excluding hydrogens is 278 g/mol. The van der Waals surface area contributed by atoms with Gasteiger partial charge in [0.15, 0.2) is 0 Å². The van der Waals surface area contributed by atoms with Crippen molar-refractivity contribution in [2.45, 2.75) is 6.92 Å². The summed E-state index contributed by atoms with van der Waals surface area (Å²) in [6, 6.07) is 11.1. The van der Waals surface area contributed by atoms with E-state index in [9.17, 15) is 9.59 Å². The number of benzene rings is 2. The average molecular weight is 290 g/mol. The molecule has 2 aromatic rings. The van der Waals surface area contributed by atoms with Crippen molar-refractivity contribution in [1.29, 1.82) is 0 Å². The molecule has 0 saturated heterocycles. The Morgan fingerprint density at radius 2 is 1.75 bits per heavy atom. The van der Waals surface area contributed by atoms with Crippen molar-refractivity contribution >= 4 is 29.2 Å². The third kappa shape index (κ3) is 2.97. The van der Waals surface area contributed by atoms with E-state index in [4.69, 9.17) is 16.7 Å². The Bertz CT molecular complexity index is 683. The van der Waals surface area contributed by atoms with Crippen LogP contribution < -0.4 is 5.32 Å². The number of carbonyl (C=O) groups is 2. The molecule has 2 N–H and O–H groups in total. The van der Waals surface area contributed by atoms with E-state index in [1.807, 2.05) is 6.92 Å². The molecule has 0 heterocycles. The van der Waals surface area contributed by atoms with Crippen LogP contribution >= 0.6 is 11.6 Å². The summed E-state index contributed by atoms with van der Waals surface area (Å²) >= 11 is 5.85. The first-order chi connectivity index (χ1) is 9.49. The van der Waals surface area contributed by atoms with Crippen LogP contribution in [0.4, 0.5) is 5.69 Å². The summed E-state index contributed by atoms with van der Waals surface area (Å²) in [5, 5.41) is 12.3. The first-order valence-corrected chi connectivity index (χ1v) is 6.26. The number of nitrogens with one attached hydrogen (secondary N) is 1. The number of hydrogen-bond acceptors (Lipinski definition) is 2. The second kappa shape index (κ2) is 5.75. The standard InChI is InChI=1S/C15H12ClNO3/c1-9-8-10(16)6-7-13(9)17-14(18)11-4-2-3-5-12(11)15(19)20/h2-8H,1H3,(H,17,18)(H,19,20). The average Bonchev–Trinajstić information content (AvgIpc) is 2.41. The lowest BCUT2D eigenvalue weighted by Crippen LogP contribution is -2.16.